The average molecular weight is 236 g/mol. The molecule has 0 unspecified atom stereocenters. The summed E-state index contributed by atoms with van der Waals surface area (Å²) in [4.78, 5) is 21.6. The van der Waals surface area contributed by atoms with Gasteiger partial charge < -0.3 is 10.4 Å². The highest BCUT2D eigenvalue weighted by Gasteiger charge is 2.05. The van der Waals surface area contributed by atoms with Crippen LogP contribution in [0.25, 0.3) is 0 Å². The molecule has 0 aromatic carbocycles. The average Bonchev–Trinajstić information content (AvgIpc) is 2.70. The van der Waals surface area contributed by atoms with Crippen LogP contribution in [0.4, 0.5) is 0 Å². The number of carbonyl (C=O) groups is 2. The van der Waals surface area contributed by atoms with E-state index in [1.807, 2.05) is 0 Å². The van der Waals surface area contributed by atoms with Crippen LogP contribution in [0.1, 0.15) is 18.5 Å². The lowest BCUT2D eigenvalue weighted by Crippen LogP contribution is -2.22. The summed E-state index contributed by atoms with van der Waals surface area (Å²) in [6.45, 7) is -0.0406. The Labute approximate surface area is 97.8 Å². The van der Waals surface area contributed by atoms with Gasteiger partial charge >= 0.3 is 5.97 Å². The summed E-state index contributed by atoms with van der Waals surface area (Å²) in [5.74, 6) is 1.19. The van der Waals surface area contributed by atoms with Crippen LogP contribution < -0.4 is 5.32 Å². The number of aromatic nitrogens is 3. The summed E-state index contributed by atoms with van der Waals surface area (Å²) in [7, 11) is 0. The normalized spacial score (nSPS) is 9.59. The molecule has 1 rings (SSSR count). The SMILES string of the molecule is C#CCCC(=O)NCc1cn(CC(=O)O)nn1. The van der Waals surface area contributed by atoms with Gasteiger partial charge in [0.25, 0.3) is 0 Å². The third kappa shape index (κ3) is 4.79. The standard InChI is InChI=1S/C10H12N4O3/c1-2-3-4-9(15)11-5-8-6-14(13-12-8)7-10(16)17/h1,6H,3-5,7H2,(H,11,15)(H,16,17). The first-order chi connectivity index (χ1) is 8.11. The molecule has 0 saturated carbocycles. The Hall–Kier alpha value is -2.36. The number of aliphatic carboxylic acids is 1. The first-order valence-electron chi connectivity index (χ1n) is 4.93. The van der Waals surface area contributed by atoms with E-state index in [1.54, 1.807) is 0 Å². The molecule has 0 radical (unpaired) electrons. The zero-order valence-electron chi connectivity index (χ0n) is 9.09. The van der Waals surface area contributed by atoms with Gasteiger partial charge in [-0.25, -0.2) is 4.68 Å². The van der Waals surface area contributed by atoms with Crippen molar-refractivity contribution in [3.05, 3.63) is 11.9 Å². The van der Waals surface area contributed by atoms with E-state index in [9.17, 15) is 9.59 Å². The second-order valence-electron chi connectivity index (χ2n) is 3.28. The van der Waals surface area contributed by atoms with Crippen molar-refractivity contribution in [3.63, 3.8) is 0 Å². The highest BCUT2D eigenvalue weighted by atomic mass is 16.4. The smallest absolute Gasteiger partial charge is 0.325 e. The van der Waals surface area contributed by atoms with E-state index in [0.29, 0.717) is 12.1 Å². The Bertz CT molecular complexity index is 447. The third-order valence-corrected chi connectivity index (χ3v) is 1.85. The molecule has 0 spiro atoms. The fraction of sp³-hybridized carbons (Fsp3) is 0.400. The molecule has 90 valence electrons. The molecular formula is C10H12N4O3. The fourth-order valence-corrected chi connectivity index (χ4v) is 1.10. The van der Waals surface area contributed by atoms with Crippen molar-refractivity contribution in [2.75, 3.05) is 0 Å². The van der Waals surface area contributed by atoms with Gasteiger partial charge in [0.1, 0.15) is 12.2 Å². The van der Waals surface area contributed by atoms with E-state index in [4.69, 9.17) is 11.5 Å². The Balaban J connectivity index is 2.37. The number of carbonyl (C=O) groups excluding carboxylic acids is 1. The molecular weight excluding hydrogens is 224 g/mol. The molecule has 17 heavy (non-hydrogen) atoms. The second-order valence-corrected chi connectivity index (χ2v) is 3.28. The lowest BCUT2D eigenvalue weighted by Gasteiger charge is -1.99. The van der Waals surface area contributed by atoms with Crippen LogP contribution in [0.15, 0.2) is 6.20 Å². The Morgan fingerprint density at radius 1 is 1.59 bits per heavy atom. The van der Waals surface area contributed by atoms with Crippen LogP contribution in [0.3, 0.4) is 0 Å². The third-order valence-electron chi connectivity index (χ3n) is 1.85. The Morgan fingerprint density at radius 3 is 3.00 bits per heavy atom. The first-order valence-corrected chi connectivity index (χ1v) is 4.93. The number of hydrogen-bond acceptors (Lipinski definition) is 4. The Kier molecular flexibility index (Phi) is 4.69. The first kappa shape index (κ1) is 12.7. The van der Waals surface area contributed by atoms with Gasteiger partial charge in [-0.15, -0.1) is 17.4 Å². The van der Waals surface area contributed by atoms with E-state index in [0.717, 1.165) is 0 Å². The molecule has 0 bridgehead atoms. The monoisotopic (exact) mass is 236 g/mol. The minimum atomic E-state index is -1.00. The van der Waals surface area contributed by atoms with Crippen LogP contribution in [0.5, 0.6) is 0 Å². The molecule has 0 saturated heterocycles. The van der Waals surface area contributed by atoms with Crippen molar-refractivity contribution in [2.24, 2.45) is 0 Å². The molecule has 7 heteroatoms. The fourth-order valence-electron chi connectivity index (χ4n) is 1.10. The van der Waals surface area contributed by atoms with E-state index in [1.165, 1.54) is 10.9 Å². The van der Waals surface area contributed by atoms with Gasteiger partial charge in [-0.05, 0) is 0 Å². The molecule has 0 aliphatic carbocycles. The van der Waals surface area contributed by atoms with Crippen LogP contribution >= 0.6 is 0 Å². The van der Waals surface area contributed by atoms with Gasteiger partial charge in [0.05, 0.1) is 12.7 Å². The Morgan fingerprint density at radius 2 is 2.35 bits per heavy atom. The van der Waals surface area contributed by atoms with Gasteiger partial charge in [-0.2, -0.15) is 0 Å². The molecule has 1 aromatic heterocycles. The summed E-state index contributed by atoms with van der Waals surface area (Å²) in [5, 5.41) is 18.4. The summed E-state index contributed by atoms with van der Waals surface area (Å²) in [6, 6.07) is 0. The number of nitrogens with zero attached hydrogens (tertiary/aromatic N) is 3. The van der Waals surface area contributed by atoms with E-state index in [2.05, 4.69) is 21.5 Å². The number of amides is 1. The lowest BCUT2D eigenvalue weighted by molar-refractivity contribution is -0.138. The summed E-state index contributed by atoms with van der Waals surface area (Å²) >= 11 is 0. The van der Waals surface area contributed by atoms with Gasteiger partial charge in [-0.3, -0.25) is 9.59 Å². The summed E-state index contributed by atoms with van der Waals surface area (Å²) in [6.07, 6.45) is 7.14. The molecule has 1 heterocycles. The highest BCUT2D eigenvalue weighted by molar-refractivity contribution is 5.76. The molecule has 7 nitrogen and oxygen atoms in total. The van der Waals surface area contributed by atoms with Crippen LogP contribution in [0.2, 0.25) is 0 Å². The van der Waals surface area contributed by atoms with Gasteiger partial charge in [-0.1, -0.05) is 5.21 Å². The number of terminal acetylenes is 1. The number of carboxylic acids is 1. The predicted octanol–water partition coefficient (Wildman–Crippen LogP) is -0.608. The highest BCUT2D eigenvalue weighted by Crippen LogP contribution is 1.94. The van der Waals surface area contributed by atoms with Crippen molar-refractivity contribution >= 4 is 11.9 Å². The summed E-state index contributed by atoms with van der Waals surface area (Å²) in [5.41, 5.74) is 0.500. The second kappa shape index (κ2) is 6.27. The largest absolute Gasteiger partial charge is 0.480 e. The van der Waals surface area contributed by atoms with Crippen molar-refractivity contribution in [1.29, 1.82) is 0 Å². The minimum Gasteiger partial charge on any atom is -0.480 e. The topological polar surface area (TPSA) is 97.1 Å². The summed E-state index contributed by atoms with van der Waals surface area (Å²) < 4.78 is 1.19. The minimum absolute atomic E-state index is 0.171. The maximum Gasteiger partial charge on any atom is 0.325 e. The van der Waals surface area contributed by atoms with Crippen LogP contribution in [-0.2, 0) is 22.7 Å². The van der Waals surface area contributed by atoms with Crippen molar-refractivity contribution < 1.29 is 14.7 Å². The van der Waals surface area contributed by atoms with E-state index < -0.39 is 5.97 Å². The molecule has 1 amide bonds. The van der Waals surface area contributed by atoms with Gasteiger partial charge in [0, 0.05) is 12.8 Å². The van der Waals surface area contributed by atoms with E-state index >= 15 is 0 Å². The quantitative estimate of drug-likeness (QED) is 0.642. The number of nitrogens with one attached hydrogen (secondary N) is 1. The van der Waals surface area contributed by atoms with Crippen molar-refractivity contribution in [3.8, 4) is 12.3 Å². The van der Waals surface area contributed by atoms with Crippen molar-refractivity contribution in [2.45, 2.75) is 25.9 Å². The van der Waals surface area contributed by atoms with E-state index in [-0.39, 0.29) is 25.4 Å². The van der Waals surface area contributed by atoms with Crippen molar-refractivity contribution in [1.82, 2.24) is 20.3 Å². The molecule has 1 aromatic rings. The molecule has 2 N–H and O–H groups in total. The molecule has 0 fully saturated rings. The van der Waals surface area contributed by atoms with Gasteiger partial charge in [0.15, 0.2) is 0 Å². The number of rotatable bonds is 6. The maximum atomic E-state index is 11.2. The van der Waals surface area contributed by atoms with Crippen LogP contribution in [-0.4, -0.2) is 32.0 Å². The zero-order valence-corrected chi connectivity index (χ0v) is 9.09. The zero-order chi connectivity index (χ0) is 12.7. The van der Waals surface area contributed by atoms with Crippen LogP contribution in [0, 0.1) is 12.3 Å². The number of hydrogen-bond donors (Lipinski definition) is 2. The predicted molar refractivity (Wildman–Crippen MR) is 57.6 cm³/mol. The molecule has 0 aliphatic rings. The van der Waals surface area contributed by atoms with Gasteiger partial charge in [0.2, 0.25) is 5.91 Å². The lowest BCUT2D eigenvalue weighted by atomic mass is 10.3. The molecule has 0 atom stereocenters. The number of carboxylic acid groups (broad SMARTS) is 1. The maximum absolute atomic E-state index is 11.2. The molecule has 0 aliphatic heterocycles.